The summed E-state index contributed by atoms with van der Waals surface area (Å²) in [6.07, 6.45) is 0.918. The van der Waals surface area contributed by atoms with E-state index in [1.165, 1.54) is 0 Å². The van der Waals surface area contributed by atoms with Crippen LogP contribution in [0.15, 0.2) is 60.0 Å². The Hall–Kier alpha value is -2.99. The van der Waals surface area contributed by atoms with Crippen molar-refractivity contribution >= 4 is 17.2 Å². The van der Waals surface area contributed by atoms with Gasteiger partial charge in [-0.05, 0) is 41.1 Å². The molecular weight excluding hydrogens is 386 g/mol. The third-order valence-corrected chi connectivity index (χ3v) is 5.57. The van der Waals surface area contributed by atoms with Gasteiger partial charge in [0.25, 0.3) is 0 Å². The lowest BCUT2D eigenvalue weighted by Crippen LogP contribution is -2.29. The number of benzene rings is 2. The van der Waals surface area contributed by atoms with Crippen LogP contribution in [0.1, 0.15) is 28.5 Å². The van der Waals surface area contributed by atoms with Crippen molar-refractivity contribution in [1.82, 2.24) is 5.32 Å². The predicted molar refractivity (Wildman–Crippen MR) is 115 cm³/mol. The molecule has 1 heterocycles. The monoisotopic (exact) mass is 411 g/mol. The molecule has 3 rings (SSSR count). The summed E-state index contributed by atoms with van der Waals surface area (Å²) in [6, 6.07) is 17.7. The summed E-state index contributed by atoms with van der Waals surface area (Å²) >= 11 is 1.63. The molecule has 0 saturated heterocycles. The van der Waals surface area contributed by atoms with E-state index in [2.05, 4.69) is 5.32 Å². The first kappa shape index (κ1) is 20.7. The quantitative estimate of drug-likeness (QED) is 0.559. The number of thiophene rings is 1. The molecule has 0 unspecified atom stereocenters. The molecule has 0 saturated carbocycles. The van der Waals surface area contributed by atoms with E-state index in [1.54, 1.807) is 32.7 Å². The van der Waals surface area contributed by atoms with Gasteiger partial charge < -0.3 is 19.5 Å². The van der Waals surface area contributed by atoms with E-state index in [0.717, 1.165) is 16.0 Å². The highest BCUT2D eigenvalue weighted by molar-refractivity contribution is 7.10. The van der Waals surface area contributed by atoms with Gasteiger partial charge in [-0.15, -0.1) is 11.3 Å². The Labute approximate surface area is 175 Å². The first-order valence-corrected chi connectivity index (χ1v) is 10.2. The van der Waals surface area contributed by atoms with Gasteiger partial charge in [-0.2, -0.15) is 0 Å². The second-order valence-electron chi connectivity index (χ2n) is 6.46. The molecule has 152 valence electrons. The maximum Gasteiger partial charge on any atom is 0.221 e. The van der Waals surface area contributed by atoms with E-state index in [1.807, 2.05) is 60.0 Å². The molecule has 0 aliphatic heterocycles. The minimum atomic E-state index is -0.149. The Bertz CT molecular complexity index is 900. The molecule has 0 bridgehead atoms. The van der Waals surface area contributed by atoms with Crippen LogP contribution in [0.4, 0.5) is 0 Å². The van der Waals surface area contributed by atoms with Gasteiger partial charge in [0.1, 0.15) is 0 Å². The van der Waals surface area contributed by atoms with Gasteiger partial charge in [0.05, 0.1) is 27.4 Å². The zero-order chi connectivity index (χ0) is 20.6. The molecule has 0 fully saturated rings. The van der Waals surface area contributed by atoms with Crippen LogP contribution < -0.4 is 19.5 Å². The van der Waals surface area contributed by atoms with E-state index in [4.69, 9.17) is 14.2 Å². The highest BCUT2D eigenvalue weighted by Crippen LogP contribution is 2.38. The maximum atomic E-state index is 12.7. The lowest BCUT2D eigenvalue weighted by molar-refractivity contribution is -0.121. The molecule has 0 spiro atoms. The first-order valence-electron chi connectivity index (χ1n) is 9.32. The van der Waals surface area contributed by atoms with Gasteiger partial charge in [0.2, 0.25) is 11.7 Å². The summed E-state index contributed by atoms with van der Waals surface area (Å²) in [5, 5.41) is 5.19. The molecule has 0 aliphatic carbocycles. The van der Waals surface area contributed by atoms with E-state index < -0.39 is 0 Å². The van der Waals surface area contributed by atoms with Crippen molar-refractivity contribution in [3.05, 3.63) is 76.0 Å². The zero-order valence-corrected chi connectivity index (χ0v) is 17.6. The summed E-state index contributed by atoms with van der Waals surface area (Å²) in [5.41, 5.74) is 2.01. The molecule has 0 radical (unpaired) electrons. The van der Waals surface area contributed by atoms with Crippen LogP contribution in [0.5, 0.6) is 17.2 Å². The molecule has 3 aromatic rings. The number of nitrogens with one attached hydrogen (secondary N) is 1. The number of ether oxygens (including phenoxy) is 3. The van der Waals surface area contributed by atoms with Crippen molar-refractivity contribution in [1.29, 1.82) is 0 Å². The van der Waals surface area contributed by atoms with Crippen LogP contribution in [-0.4, -0.2) is 27.2 Å². The van der Waals surface area contributed by atoms with Crippen LogP contribution >= 0.6 is 11.3 Å². The Morgan fingerprint density at radius 1 is 0.966 bits per heavy atom. The Morgan fingerprint density at radius 2 is 1.66 bits per heavy atom. The lowest BCUT2D eigenvalue weighted by Gasteiger charge is -2.18. The first-order chi connectivity index (χ1) is 14.2. The summed E-state index contributed by atoms with van der Waals surface area (Å²) in [5.74, 6) is 1.71. The minimum Gasteiger partial charge on any atom is -0.493 e. The van der Waals surface area contributed by atoms with Gasteiger partial charge in [0, 0.05) is 11.3 Å². The normalized spacial score (nSPS) is 11.6. The van der Waals surface area contributed by atoms with E-state index in [0.29, 0.717) is 30.1 Å². The number of methoxy groups -OCH3 is 3. The summed E-state index contributed by atoms with van der Waals surface area (Å²) in [4.78, 5) is 13.8. The second-order valence-corrected chi connectivity index (χ2v) is 7.44. The van der Waals surface area contributed by atoms with Crippen molar-refractivity contribution in [2.75, 3.05) is 21.3 Å². The maximum absolute atomic E-state index is 12.7. The fraction of sp³-hybridized carbons (Fsp3) is 0.261. The van der Waals surface area contributed by atoms with Gasteiger partial charge >= 0.3 is 0 Å². The minimum absolute atomic E-state index is 0.0130. The smallest absolute Gasteiger partial charge is 0.221 e. The SMILES string of the molecule is COc1cc(CCC(=O)N[C@H](c2ccccc2)c2cccs2)cc(OC)c1OC. The third kappa shape index (κ3) is 5.09. The van der Waals surface area contributed by atoms with Crippen molar-refractivity contribution in [3.63, 3.8) is 0 Å². The molecule has 6 heteroatoms. The Balaban J connectivity index is 1.72. The zero-order valence-electron chi connectivity index (χ0n) is 16.8. The number of amides is 1. The van der Waals surface area contributed by atoms with Crippen LogP contribution in [0.25, 0.3) is 0 Å². The van der Waals surface area contributed by atoms with Crippen LogP contribution in [0.3, 0.4) is 0 Å². The molecule has 1 atom stereocenters. The average molecular weight is 412 g/mol. The van der Waals surface area contributed by atoms with Crippen LogP contribution in [0, 0.1) is 0 Å². The van der Waals surface area contributed by atoms with E-state index >= 15 is 0 Å². The van der Waals surface area contributed by atoms with Gasteiger partial charge in [-0.3, -0.25) is 4.79 Å². The van der Waals surface area contributed by atoms with E-state index in [-0.39, 0.29) is 11.9 Å². The standard InChI is InChI=1S/C23H25NO4S/c1-26-18-14-16(15-19(27-2)23(18)28-3)11-12-21(25)24-22(20-10-7-13-29-20)17-8-5-4-6-9-17/h4-10,13-15,22H,11-12H2,1-3H3,(H,24,25)/t22-/m1/s1. The molecular formula is C23H25NO4S. The highest BCUT2D eigenvalue weighted by Gasteiger charge is 2.18. The number of hydrogen-bond acceptors (Lipinski definition) is 5. The number of aryl methyl sites for hydroxylation is 1. The molecule has 1 aromatic heterocycles. The number of carbonyl (C=O) groups is 1. The van der Waals surface area contributed by atoms with Crippen LogP contribution in [-0.2, 0) is 11.2 Å². The van der Waals surface area contributed by atoms with Crippen LogP contribution in [0.2, 0.25) is 0 Å². The van der Waals surface area contributed by atoms with E-state index in [9.17, 15) is 4.79 Å². The highest BCUT2D eigenvalue weighted by atomic mass is 32.1. The summed E-state index contributed by atoms with van der Waals surface area (Å²) in [6.45, 7) is 0. The van der Waals surface area contributed by atoms with Crippen molar-refractivity contribution in [2.45, 2.75) is 18.9 Å². The van der Waals surface area contributed by atoms with Gasteiger partial charge in [-0.25, -0.2) is 0 Å². The van der Waals surface area contributed by atoms with Crippen molar-refractivity contribution in [2.24, 2.45) is 0 Å². The summed E-state index contributed by atoms with van der Waals surface area (Å²) in [7, 11) is 4.74. The Kier molecular flexibility index (Phi) is 7.14. The van der Waals surface area contributed by atoms with Crippen molar-refractivity contribution in [3.8, 4) is 17.2 Å². The lowest BCUT2D eigenvalue weighted by atomic mass is 10.0. The molecule has 0 aliphatic rings. The van der Waals surface area contributed by atoms with Gasteiger partial charge in [0.15, 0.2) is 11.5 Å². The topological polar surface area (TPSA) is 56.8 Å². The fourth-order valence-electron chi connectivity index (χ4n) is 3.19. The number of carbonyl (C=O) groups excluding carboxylic acids is 1. The fourth-order valence-corrected chi connectivity index (χ4v) is 3.99. The predicted octanol–water partition coefficient (Wildman–Crippen LogP) is 4.61. The largest absolute Gasteiger partial charge is 0.493 e. The molecule has 29 heavy (non-hydrogen) atoms. The number of hydrogen-bond donors (Lipinski definition) is 1. The Morgan fingerprint density at radius 3 is 2.21 bits per heavy atom. The number of rotatable bonds is 9. The summed E-state index contributed by atoms with van der Waals surface area (Å²) < 4.78 is 16.1. The molecule has 5 nitrogen and oxygen atoms in total. The molecule has 2 aromatic carbocycles. The third-order valence-electron chi connectivity index (χ3n) is 4.63. The molecule has 1 amide bonds. The average Bonchev–Trinajstić information content (AvgIpc) is 3.30. The second kappa shape index (κ2) is 9.98. The molecule has 1 N–H and O–H groups in total. The van der Waals surface area contributed by atoms with Gasteiger partial charge in [-0.1, -0.05) is 36.4 Å². The van der Waals surface area contributed by atoms with Crippen molar-refractivity contribution < 1.29 is 19.0 Å².